The Hall–Kier alpha value is -2.11. The number of nitrogens with one attached hydrogen (secondary N) is 1. The molecule has 1 aliphatic heterocycles. The number of fused-ring (bicyclic) bond motifs is 1. The lowest BCUT2D eigenvalue weighted by Gasteiger charge is -2.29. The highest BCUT2D eigenvalue weighted by Crippen LogP contribution is 2.27. The normalized spacial score (nSPS) is 19.7. The topological polar surface area (TPSA) is 67.2 Å². The molecule has 1 N–H and O–H groups in total. The van der Waals surface area contributed by atoms with E-state index < -0.39 is 0 Å². The van der Waals surface area contributed by atoms with Crippen LogP contribution < -0.4 is 5.32 Å². The molecule has 6 nitrogen and oxygen atoms in total. The Kier molecular flexibility index (Phi) is 6.59. The molecule has 0 atom stereocenters. The zero-order valence-electron chi connectivity index (χ0n) is 18.6. The van der Waals surface area contributed by atoms with E-state index in [1.165, 1.54) is 31.3 Å². The van der Waals surface area contributed by atoms with E-state index in [9.17, 15) is 9.59 Å². The molecule has 1 saturated carbocycles. The number of carbonyl (C=O) groups excluding carboxylic acids is 2. The molecule has 30 heavy (non-hydrogen) atoms. The lowest BCUT2D eigenvalue weighted by atomic mass is 9.96. The van der Waals surface area contributed by atoms with Crippen molar-refractivity contribution in [3.05, 3.63) is 28.6 Å². The van der Waals surface area contributed by atoms with Gasteiger partial charge in [-0.15, -0.1) is 0 Å². The molecule has 1 aromatic heterocycles. The molecule has 6 heteroatoms. The van der Waals surface area contributed by atoms with Crippen LogP contribution in [0.4, 0.5) is 0 Å². The molecule has 2 heterocycles. The van der Waals surface area contributed by atoms with Gasteiger partial charge in [0.2, 0.25) is 5.91 Å². The molecular weight excluding hydrogens is 376 g/mol. The van der Waals surface area contributed by atoms with Gasteiger partial charge in [-0.05, 0) is 44.4 Å². The van der Waals surface area contributed by atoms with Gasteiger partial charge >= 0.3 is 0 Å². The summed E-state index contributed by atoms with van der Waals surface area (Å²) in [5.74, 6) is 0.579. The lowest BCUT2D eigenvalue weighted by Crippen LogP contribution is -2.38. The van der Waals surface area contributed by atoms with Crippen LogP contribution in [0, 0.1) is 5.92 Å². The first-order chi connectivity index (χ1) is 14.5. The molecule has 0 spiro atoms. The zero-order valence-corrected chi connectivity index (χ0v) is 18.6. The van der Waals surface area contributed by atoms with Gasteiger partial charge in [0.1, 0.15) is 0 Å². The molecule has 1 fully saturated rings. The van der Waals surface area contributed by atoms with Gasteiger partial charge in [-0.1, -0.05) is 38.3 Å². The number of amides is 2. The van der Waals surface area contributed by atoms with E-state index in [0.29, 0.717) is 31.1 Å². The third-order valence-electron chi connectivity index (χ3n) is 6.69. The van der Waals surface area contributed by atoms with Crippen molar-refractivity contribution in [2.45, 2.75) is 97.2 Å². The van der Waals surface area contributed by atoms with Gasteiger partial charge in [0.25, 0.3) is 5.91 Å². The lowest BCUT2D eigenvalue weighted by molar-refractivity contribution is -0.131. The van der Waals surface area contributed by atoms with Gasteiger partial charge < -0.3 is 10.2 Å². The van der Waals surface area contributed by atoms with Gasteiger partial charge in [0, 0.05) is 49.8 Å². The number of hydrogen-bond donors (Lipinski definition) is 1. The minimum atomic E-state index is -0.0649. The Morgan fingerprint density at radius 3 is 2.67 bits per heavy atom. The summed E-state index contributed by atoms with van der Waals surface area (Å²) in [5.41, 5.74) is 3.92. The number of aromatic nitrogens is 2. The largest absolute Gasteiger partial charge is 0.348 e. The van der Waals surface area contributed by atoms with Gasteiger partial charge in [0.15, 0.2) is 5.69 Å². The van der Waals surface area contributed by atoms with Crippen LogP contribution >= 0.6 is 0 Å². The van der Waals surface area contributed by atoms with Crippen molar-refractivity contribution in [3.8, 4) is 0 Å². The van der Waals surface area contributed by atoms with Gasteiger partial charge in [0.05, 0.1) is 0 Å². The molecule has 4 rings (SSSR count). The predicted octanol–water partition coefficient (Wildman–Crippen LogP) is 3.99. The molecular formula is C24H36N4O2. The minimum Gasteiger partial charge on any atom is -0.348 e. The maximum Gasteiger partial charge on any atom is 0.272 e. The Morgan fingerprint density at radius 1 is 1.17 bits per heavy atom. The molecule has 0 aromatic carbocycles. The average molecular weight is 413 g/mol. The molecule has 0 saturated heterocycles. The standard InChI is InChI=1S/C24H36N4O2/c1-17(2)15-28-21-12-13-27(22(29)14-18-8-4-3-5-9-18)16-20(21)23(26-28)24(30)25-19-10-6-7-11-19/h8,17,19H,3-7,9-16H2,1-2H3,(H,25,30). The predicted molar refractivity (Wildman–Crippen MR) is 117 cm³/mol. The first-order valence-corrected chi connectivity index (χ1v) is 11.9. The fraction of sp³-hybridized carbons (Fsp3) is 0.708. The van der Waals surface area contributed by atoms with Gasteiger partial charge in [-0.3, -0.25) is 14.3 Å². The average Bonchev–Trinajstić information content (AvgIpc) is 3.36. The van der Waals surface area contributed by atoms with Crippen LogP contribution in [0.1, 0.15) is 93.4 Å². The number of hydrogen-bond acceptors (Lipinski definition) is 3. The summed E-state index contributed by atoms with van der Waals surface area (Å²) in [6.07, 6.45) is 12.6. The minimum absolute atomic E-state index is 0.0649. The molecule has 164 valence electrons. The van der Waals surface area contributed by atoms with Crippen molar-refractivity contribution in [2.75, 3.05) is 6.54 Å². The molecule has 2 aliphatic carbocycles. The van der Waals surface area contributed by atoms with E-state index in [-0.39, 0.29) is 17.9 Å². The third-order valence-corrected chi connectivity index (χ3v) is 6.69. The number of carbonyl (C=O) groups is 2. The van der Waals surface area contributed by atoms with Gasteiger partial charge in [-0.2, -0.15) is 5.10 Å². The number of nitrogens with zero attached hydrogens (tertiary/aromatic N) is 3. The molecule has 1 aromatic rings. The maximum atomic E-state index is 13.1. The molecule has 2 amide bonds. The van der Waals surface area contributed by atoms with Crippen LogP contribution in [-0.2, 0) is 24.3 Å². The second-order valence-corrected chi connectivity index (χ2v) is 9.65. The molecule has 0 unspecified atom stereocenters. The molecule has 0 bridgehead atoms. The van der Waals surface area contributed by atoms with Crippen molar-refractivity contribution in [1.29, 1.82) is 0 Å². The Bertz CT molecular complexity index is 817. The number of rotatable bonds is 6. The van der Waals surface area contributed by atoms with Crippen molar-refractivity contribution in [1.82, 2.24) is 20.0 Å². The smallest absolute Gasteiger partial charge is 0.272 e. The second kappa shape index (κ2) is 9.36. The second-order valence-electron chi connectivity index (χ2n) is 9.65. The maximum absolute atomic E-state index is 13.1. The zero-order chi connectivity index (χ0) is 21.1. The van der Waals surface area contributed by atoms with E-state index in [1.54, 1.807) is 0 Å². The molecule has 0 radical (unpaired) electrons. The summed E-state index contributed by atoms with van der Waals surface area (Å²) in [6, 6.07) is 0.267. The van der Waals surface area contributed by atoms with Crippen molar-refractivity contribution in [2.24, 2.45) is 5.92 Å². The van der Waals surface area contributed by atoms with Crippen molar-refractivity contribution >= 4 is 11.8 Å². The summed E-state index contributed by atoms with van der Waals surface area (Å²) in [6.45, 7) is 6.37. The Balaban J connectivity index is 1.52. The highest BCUT2D eigenvalue weighted by atomic mass is 16.2. The van der Waals surface area contributed by atoms with Gasteiger partial charge in [-0.25, -0.2) is 0 Å². The van der Waals surface area contributed by atoms with E-state index in [2.05, 4.69) is 25.2 Å². The van der Waals surface area contributed by atoms with Crippen LogP contribution in [-0.4, -0.2) is 39.1 Å². The molecule has 3 aliphatic rings. The Labute approximate surface area is 180 Å². The highest BCUT2D eigenvalue weighted by molar-refractivity contribution is 5.94. The van der Waals surface area contributed by atoms with Crippen LogP contribution in [0.5, 0.6) is 0 Å². The SMILES string of the molecule is CC(C)Cn1nc(C(=O)NC2CCCC2)c2c1CCN(C(=O)CC1=CCCCC1)C2. The monoisotopic (exact) mass is 412 g/mol. The Morgan fingerprint density at radius 2 is 1.97 bits per heavy atom. The summed E-state index contributed by atoms with van der Waals surface area (Å²) in [5, 5.41) is 7.93. The van der Waals surface area contributed by atoms with Crippen molar-refractivity contribution < 1.29 is 9.59 Å². The van der Waals surface area contributed by atoms with E-state index in [4.69, 9.17) is 5.10 Å². The highest BCUT2D eigenvalue weighted by Gasteiger charge is 2.31. The summed E-state index contributed by atoms with van der Waals surface area (Å²) >= 11 is 0. The first-order valence-electron chi connectivity index (χ1n) is 11.9. The summed E-state index contributed by atoms with van der Waals surface area (Å²) < 4.78 is 2.02. The van der Waals surface area contributed by atoms with E-state index >= 15 is 0 Å². The third kappa shape index (κ3) is 4.79. The van der Waals surface area contributed by atoms with Crippen LogP contribution in [0.25, 0.3) is 0 Å². The fourth-order valence-corrected chi connectivity index (χ4v) is 5.08. The van der Waals surface area contributed by atoms with Crippen LogP contribution in [0.15, 0.2) is 11.6 Å². The summed E-state index contributed by atoms with van der Waals surface area (Å²) in [7, 11) is 0. The van der Waals surface area contributed by atoms with E-state index in [1.807, 2.05) is 9.58 Å². The summed E-state index contributed by atoms with van der Waals surface area (Å²) in [4.78, 5) is 28.0. The quantitative estimate of drug-likeness (QED) is 0.719. The fourth-order valence-electron chi connectivity index (χ4n) is 5.08. The number of allylic oxidation sites excluding steroid dienone is 1. The van der Waals surface area contributed by atoms with E-state index in [0.717, 1.165) is 49.9 Å². The van der Waals surface area contributed by atoms with Crippen LogP contribution in [0.3, 0.4) is 0 Å². The van der Waals surface area contributed by atoms with Crippen LogP contribution in [0.2, 0.25) is 0 Å². The first kappa shape index (κ1) is 21.1. The van der Waals surface area contributed by atoms with Crippen molar-refractivity contribution in [3.63, 3.8) is 0 Å².